The topological polar surface area (TPSA) is 57.7 Å². The first kappa shape index (κ1) is 20.3. The number of likely N-dealkylation sites (tertiary alicyclic amines) is 1. The molecule has 0 radical (unpaired) electrons. The van der Waals surface area contributed by atoms with Crippen LogP contribution < -0.4 is 10.2 Å². The standard InChI is InChI=1S/C22H30N4O2S/c1-17(27)24-22(2)6-8-25(9-7-22)16-20-15-23-21(29-20)18-4-3-5-19(14-18)26-10-12-28-13-11-26/h3-5,14-15H,6-13,16H2,1-2H3,(H,24,27). The molecule has 0 aliphatic carbocycles. The van der Waals surface area contributed by atoms with Gasteiger partial charge in [0.05, 0.1) is 13.2 Å². The van der Waals surface area contributed by atoms with Crippen LogP contribution in [0.4, 0.5) is 5.69 Å². The lowest BCUT2D eigenvalue weighted by Crippen LogP contribution is -2.52. The summed E-state index contributed by atoms with van der Waals surface area (Å²) in [6.07, 6.45) is 3.99. The number of anilines is 1. The summed E-state index contributed by atoms with van der Waals surface area (Å²) < 4.78 is 5.47. The number of amides is 1. The predicted molar refractivity (Wildman–Crippen MR) is 117 cm³/mol. The highest BCUT2D eigenvalue weighted by Crippen LogP contribution is 2.30. The maximum Gasteiger partial charge on any atom is 0.217 e. The fourth-order valence-corrected chi connectivity index (χ4v) is 5.10. The van der Waals surface area contributed by atoms with E-state index in [-0.39, 0.29) is 11.4 Å². The van der Waals surface area contributed by atoms with Gasteiger partial charge in [-0.05, 0) is 31.9 Å². The summed E-state index contributed by atoms with van der Waals surface area (Å²) in [5.41, 5.74) is 2.36. The monoisotopic (exact) mass is 414 g/mol. The summed E-state index contributed by atoms with van der Waals surface area (Å²) in [5, 5.41) is 4.19. The molecule has 6 nitrogen and oxygen atoms in total. The Morgan fingerprint density at radius 2 is 2.00 bits per heavy atom. The number of morpholine rings is 1. The maximum atomic E-state index is 11.4. The third-order valence-electron chi connectivity index (χ3n) is 5.84. The molecule has 1 amide bonds. The number of carbonyl (C=O) groups is 1. The van der Waals surface area contributed by atoms with Gasteiger partial charge in [-0.2, -0.15) is 0 Å². The quantitative estimate of drug-likeness (QED) is 0.815. The highest BCUT2D eigenvalue weighted by atomic mass is 32.1. The number of piperidine rings is 1. The number of rotatable bonds is 5. The van der Waals surface area contributed by atoms with Gasteiger partial charge in [-0.3, -0.25) is 9.69 Å². The second kappa shape index (κ2) is 8.81. The number of ether oxygens (including phenoxy) is 1. The second-order valence-corrected chi connectivity index (χ2v) is 9.41. The van der Waals surface area contributed by atoms with Gasteiger partial charge in [0.25, 0.3) is 0 Å². The largest absolute Gasteiger partial charge is 0.378 e. The summed E-state index contributed by atoms with van der Waals surface area (Å²) >= 11 is 1.78. The average Bonchev–Trinajstić information content (AvgIpc) is 3.19. The zero-order chi connectivity index (χ0) is 20.3. The van der Waals surface area contributed by atoms with Gasteiger partial charge in [0.1, 0.15) is 5.01 Å². The lowest BCUT2D eigenvalue weighted by atomic mass is 9.89. The average molecular weight is 415 g/mol. The molecule has 156 valence electrons. The van der Waals surface area contributed by atoms with E-state index >= 15 is 0 Å². The third-order valence-corrected chi connectivity index (χ3v) is 6.87. The Morgan fingerprint density at radius 3 is 2.72 bits per heavy atom. The van der Waals surface area contributed by atoms with Crippen LogP contribution in [0, 0.1) is 0 Å². The van der Waals surface area contributed by atoms with Crippen molar-refractivity contribution < 1.29 is 9.53 Å². The molecule has 3 heterocycles. The van der Waals surface area contributed by atoms with Crippen LogP contribution in [0.3, 0.4) is 0 Å². The number of carbonyl (C=O) groups excluding carboxylic acids is 1. The predicted octanol–water partition coefficient (Wildman–Crippen LogP) is 3.14. The number of nitrogens with one attached hydrogen (secondary N) is 1. The molecule has 2 saturated heterocycles. The van der Waals surface area contributed by atoms with Gasteiger partial charge in [0, 0.05) is 67.5 Å². The fraction of sp³-hybridized carbons (Fsp3) is 0.545. The molecule has 1 aromatic heterocycles. The maximum absolute atomic E-state index is 11.4. The Hall–Kier alpha value is -1.96. The summed E-state index contributed by atoms with van der Waals surface area (Å²) in [5.74, 6) is 0.0624. The molecular formula is C22H30N4O2S. The van der Waals surface area contributed by atoms with Crippen LogP contribution in [0.5, 0.6) is 0 Å². The SMILES string of the molecule is CC(=O)NC1(C)CCN(Cc2cnc(-c3cccc(N4CCOCC4)c3)s2)CC1. The Labute approximate surface area is 176 Å². The highest BCUT2D eigenvalue weighted by molar-refractivity contribution is 7.15. The molecule has 0 saturated carbocycles. The van der Waals surface area contributed by atoms with Crippen molar-refractivity contribution in [1.29, 1.82) is 0 Å². The highest BCUT2D eigenvalue weighted by Gasteiger charge is 2.30. The van der Waals surface area contributed by atoms with Crippen molar-refractivity contribution >= 4 is 22.9 Å². The Bertz CT molecular complexity index is 839. The molecule has 0 bridgehead atoms. The smallest absolute Gasteiger partial charge is 0.217 e. The molecule has 4 rings (SSSR count). The van der Waals surface area contributed by atoms with Crippen molar-refractivity contribution in [2.75, 3.05) is 44.3 Å². The number of nitrogens with zero attached hydrogens (tertiary/aromatic N) is 3. The molecule has 29 heavy (non-hydrogen) atoms. The Balaban J connectivity index is 1.37. The number of hydrogen-bond donors (Lipinski definition) is 1. The van der Waals surface area contributed by atoms with Crippen molar-refractivity contribution in [1.82, 2.24) is 15.2 Å². The summed E-state index contributed by atoms with van der Waals surface area (Å²) in [6, 6.07) is 8.68. The first-order valence-electron chi connectivity index (χ1n) is 10.4. The molecule has 1 aromatic carbocycles. The second-order valence-electron chi connectivity index (χ2n) is 8.30. The molecule has 2 fully saturated rings. The minimum Gasteiger partial charge on any atom is -0.378 e. The van der Waals surface area contributed by atoms with E-state index in [9.17, 15) is 4.79 Å². The van der Waals surface area contributed by atoms with Crippen LogP contribution in [0.1, 0.15) is 31.6 Å². The zero-order valence-electron chi connectivity index (χ0n) is 17.3. The van der Waals surface area contributed by atoms with Crippen LogP contribution in [0.25, 0.3) is 10.6 Å². The lowest BCUT2D eigenvalue weighted by Gasteiger charge is -2.39. The molecule has 0 spiro atoms. The van der Waals surface area contributed by atoms with Gasteiger partial charge in [-0.25, -0.2) is 4.98 Å². The lowest BCUT2D eigenvalue weighted by molar-refractivity contribution is -0.121. The van der Waals surface area contributed by atoms with Gasteiger partial charge in [-0.1, -0.05) is 12.1 Å². The van der Waals surface area contributed by atoms with Gasteiger partial charge in [-0.15, -0.1) is 11.3 Å². The van der Waals surface area contributed by atoms with E-state index < -0.39 is 0 Å². The Morgan fingerprint density at radius 1 is 1.24 bits per heavy atom. The number of thiazole rings is 1. The molecule has 2 aliphatic heterocycles. The molecule has 2 aromatic rings. The summed E-state index contributed by atoms with van der Waals surface area (Å²) in [7, 11) is 0. The van der Waals surface area contributed by atoms with Gasteiger partial charge >= 0.3 is 0 Å². The van der Waals surface area contributed by atoms with Crippen molar-refractivity contribution in [3.63, 3.8) is 0 Å². The normalized spacial score (nSPS) is 19.9. The van der Waals surface area contributed by atoms with Crippen molar-refractivity contribution in [3.8, 4) is 10.6 Å². The number of aromatic nitrogens is 1. The first-order chi connectivity index (χ1) is 14.0. The van der Waals surface area contributed by atoms with E-state index in [4.69, 9.17) is 9.72 Å². The van der Waals surface area contributed by atoms with Crippen LogP contribution in [-0.2, 0) is 16.1 Å². The van der Waals surface area contributed by atoms with E-state index in [0.717, 1.165) is 63.8 Å². The molecule has 2 aliphatic rings. The van der Waals surface area contributed by atoms with E-state index in [1.54, 1.807) is 18.3 Å². The summed E-state index contributed by atoms with van der Waals surface area (Å²) in [6.45, 7) is 10.1. The molecule has 0 unspecified atom stereocenters. The van der Waals surface area contributed by atoms with E-state index in [0.29, 0.717) is 0 Å². The Kier molecular flexibility index (Phi) is 6.18. The fourth-order valence-electron chi connectivity index (χ4n) is 4.15. The molecule has 1 N–H and O–H groups in total. The molecular weight excluding hydrogens is 384 g/mol. The van der Waals surface area contributed by atoms with E-state index in [1.807, 2.05) is 6.20 Å². The third kappa shape index (κ3) is 5.15. The number of hydrogen-bond acceptors (Lipinski definition) is 6. The first-order valence-corrected chi connectivity index (χ1v) is 11.2. The molecule has 0 atom stereocenters. The van der Waals surface area contributed by atoms with Crippen molar-refractivity contribution in [2.24, 2.45) is 0 Å². The van der Waals surface area contributed by atoms with Crippen LogP contribution in [0.2, 0.25) is 0 Å². The summed E-state index contributed by atoms with van der Waals surface area (Å²) in [4.78, 5) is 22.2. The van der Waals surface area contributed by atoms with Gasteiger partial charge < -0.3 is 15.0 Å². The minimum atomic E-state index is -0.0683. The zero-order valence-corrected chi connectivity index (χ0v) is 18.1. The minimum absolute atomic E-state index is 0.0624. The van der Waals surface area contributed by atoms with Gasteiger partial charge in [0.2, 0.25) is 5.91 Å². The van der Waals surface area contributed by atoms with Gasteiger partial charge in [0.15, 0.2) is 0 Å². The van der Waals surface area contributed by atoms with Crippen LogP contribution >= 0.6 is 11.3 Å². The van der Waals surface area contributed by atoms with Crippen LogP contribution in [-0.4, -0.2) is 60.7 Å². The van der Waals surface area contributed by atoms with E-state index in [2.05, 4.69) is 46.3 Å². The van der Waals surface area contributed by atoms with Crippen LogP contribution in [0.15, 0.2) is 30.5 Å². The van der Waals surface area contributed by atoms with E-state index in [1.165, 1.54) is 16.1 Å². The number of benzene rings is 1. The molecule has 7 heteroatoms. The van der Waals surface area contributed by atoms with Crippen molar-refractivity contribution in [2.45, 2.75) is 38.8 Å². The van der Waals surface area contributed by atoms with Crippen molar-refractivity contribution in [3.05, 3.63) is 35.3 Å².